The van der Waals surface area contributed by atoms with E-state index >= 15 is 0 Å². The van der Waals surface area contributed by atoms with Gasteiger partial charge < -0.3 is 15.2 Å². The van der Waals surface area contributed by atoms with Crippen molar-refractivity contribution in [3.8, 4) is 0 Å². The molecule has 1 saturated heterocycles. The number of hydrogen-bond acceptors (Lipinski definition) is 4. The van der Waals surface area contributed by atoms with E-state index in [2.05, 4.69) is 44.8 Å². The summed E-state index contributed by atoms with van der Waals surface area (Å²) in [5.41, 5.74) is -0.108. The third-order valence-electron chi connectivity index (χ3n) is 3.04. The van der Waals surface area contributed by atoms with Gasteiger partial charge in [0.25, 0.3) is 0 Å². The van der Waals surface area contributed by atoms with Crippen molar-refractivity contribution in [3.63, 3.8) is 0 Å². The molecule has 0 aliphatic carbocycles. The molecule has 1 heterocycles. The van der Waals surface area contributed by atoms with Crippen LogP contribution in [0.5, 0.6) is 0 Å². The van der Waals surface area contributed by atoms with Crippen LogP contribution in [-0.2, 0) is 4.74 Å². The number of rotatable bonds is 6. The molecule has 0 saturated carbocycles. The maximum Gasteiger partial charge on any atom is 0.0791 e. The van der Waals surface area contributed by atoms with Gasteiger partial charge in [-0.3, -0.25) is 4.90 Å². The predicted octanol–water partition coefficient (Wildman–Crippen LogP) is 1.09. The van der Waals surface area contributed by atoms with E-state index in [1.54, 1.807) is 0 Å². The molecule has 1 aliphatic heterocycles. The summed E-state index contributed by atoms with van der Waals surface area (Å²) in [6.45, 7) is 14.8. The number of ether oxygens (including phenoxy) is 1. The zero-order valence-electron chi connectivity index (χ0n) is 12.6. The van der Waals surface area contributed by atoms with E-state index < -0.39 is 0 Å². The molecular formula is C14H30N2O2. The molecule has 2 atom stereocenters. The van der Waals surface area contributed by atoms with Crippen molar-refractivity contribution in [1.82, 2.24) is 10.2 Å². The maximum absolute atomic E-state index is 10.0. The molecule has 4 heteroatoms. The average molecular weight is 258 g/mol. The van der Waals surface area contributed by atoms with Crippen molar-refractivity contribution >= 4 is 0 Å². The third-order valence-corrected chi connectivity index (χ3v) is 3.04. The molecule has 1 aliphatic rings. The highest BCUT2D eigenvalue weighted by atomic mass is 16.5. The lowest BCUT2D eigenvalue weighted by Gasteiger charge is -2.42. The monoisotopic (exact) mass is 258 g/mol. The highest BCUT2D eigenvalue weighted by Gasteiger charge is 2.31. The zero-order valence-corrected chi connectivity index (χ0v) is 12.6. The first kappa shape index (κ1) is 15.9. The van der Waals surface area contributed by atoms with Crippen LogP contribution < -0.4 is 5.32 Å². The summed E-state index contributed by atoms with van der Waals surface area (Å²) >= 11 is 0. The number of nitrogens with zero attached hydrogens (tertiary/aromatic N) is 1. The second kappa shape index (κ2) is 6.85. The number of aliphatic hydroxyl groups is 1. The number of hydrogen-bond donors (Lipinski definition) is 2. The quantitative estimate of drug-likeness (QED) is 0.749. The predicted molar refractivity (Wildman–Crippen MR) is 74.8 cm³/mol. The normalized spacial score (nSPS) is 26.5. The highest BCUT2D eigenvalue weighted by Crippen LogP contribution is 2.20. The second-order valence-corrected chi connectivity index (χ2v) is 6.59. The number of nitrogens with one attached hydrogen (secondary N) is 1. The molecule has 0 aromatic heterocycles. The van der Waals surface area contributed by atoms with Gasteiger partial charge in [-0.1, -0.05) is 13.8 Å². The molecule has 0 spiro atoms. The van der Waals surface area contributed by atoms with Gasteiger partial charge in [0.1, 0.15) is 0 Å². The summed E-state index contributed by atoms with van der Waals surface area (Å²) in [6, 6.07) is 0. The Kier molecular flexibility index (Phi) is 6.05. The van der Waals surface area contributed by atoms with Crippen molar-refractivity contribution in [3.05, 3.63) is 0 Å². The van der Waals surface area contributed by atoms with Gasteiger partial charge in [-0.2, -0.15) is 0 Å². The van der Waals surface area contributed by atoms with Gasteiger partial charge >= 0.3 is 0 Å². The molecule has 0 amide bonds. The summed E-state index contributed by atoms with van der Waals surface area (Å²) in [7, 11) is 0. The van der Waals surface area contributed by atoms with Crippen LogP contribution in [0.15, 0.2) is 0 Å². The Hall–Kier alpha value is -0.160. The lowest BCUT2D eigenvalue weighted by Crippen LogP contribution is -2.54. The Bertz CT molecular complexity index is 244. The maximum atomic E-state index is 10.0. The van der Waals surface area contributed by atoms with Crippen LogP contribution in [0, 0.1) is 5.92 Å². The molecule has 0 radical (unpaired) electrons. The third kappa shape index (κ3) is 6.14. The number of morpholine rings is 1. The fraction of sp³-hybridized carbons (Fsp3) is 1.00. The molecule has 4 nitrogen and oxygen atoms in total. The highest BCUT2D eigenvalue weighted by molar-refractivity contribution is 4.83. The Morgan fingerprint density at radius 1 is 1.39 bits per heavy atom. The molecule has 0 aromatic rings. The molecule has 0 aromatic carbocycles. The van der Waals surface area contributed by atoms with Crippen molar-refractivity contribution in [2.75, 3.05) is 32.7 Å². The number of aliphatic hydroxyl groups excluding tert-OH is 1. The van der Waals surface area contributed by atoms with Crippen LogP contribution >= 0.6 is 0 Å². The first-order valence-electron chi connectivity index (χ1n) is 7.07. The molecular weight excluding hydrogens is 228 g/mol. The van der Waals surface area contributed by atoms with Gasteiger partial charge in [0.15, 0.2) is 0 Å². The van der Waals surface area contributed by atoms with Crippen LogP contribution in [-0.4, -0.2) is 60.5 Å². The van der Waals surface area contributed by atoms with Gasteiger partial charge in [0.2, 0.25) is 0 Å². The first-order valence-corrected chi connectivity index (χ1v) is 7.07. The molecule has 108 valence electrons. The molecule has 1 fully saturated rings. The second-order valence-electron chi connectivity index (χ2n) is 6.59. The minimum Gasteiger partial charge on any atom is -0.390 e. The average Bonchev–Trinajstić information content (AvgIpc) is 2.12. The largest absolute Gasteiger partial charge is 0.390 e. The van der Waals surface area contributed by atoms with Crippen LogP contribution in [0.1, 0.15) is 34.6 Å². The summed E-state index contributed by atoms with van der Waals surface area (Å²) in [6.07, 6.45) is -0.0607. The van der Waals surface area contributed by atoms with E-state index in [1.807, 2.05) is 0 Å². The van der Waals surface area contributed by atoms with Crippen LogP contribution in [0.2, 0.25) is 0 Å². The van der Waals surface area contributed by atoms with Crippen molar-refractivity contribution in [1.29, 1.82) is 0 Å². The Labute approximate surface area is 112 Å². The summed E-state index contributed by atoms with van der Waals surface area (Å²) in [4.78, 5) is 2.30. The minimum absolute atomic E-state index is 0.108. The molecule has 0 bridgehead atoms. The molecule has 18 heavy (non-hydrogen) atoms. The Morgan fingerprint density at radius 2 is 2.06 bits per heavy atom. The lowest BCUT2D eigenvalue weighted by molar-refractivity contribution is -0.133. The van der Waals surface area contributed by atoms with Crippen molar-refractivity contribution < 1.29 is 9.84 Å². The Morgan fingerprint density at radius 3 is 2.61 bits per heavy atom. The van der Waals surface area contributed by atoms with Gasteiger partial charge in [0, 0.05) is 26.2 Å². The molecule has 2 N–H and O–H groups in total. The molecule has 1 rings (SSSR count). The van der Waals surface area contributed by atoms with Gasteiger partial charge in [0.05, 0.1) is 17.8 Å². The fourth-order valence-corrected chi connectivity index (χ4v) is 2.63. The van der Waals surface area contributed by atoms with Crippen LogP contribution in [0.4, 0.5) is 0 Å². The van der Waals surface area contributed by atoms with E-state index in [1.165, 1.54) is 0 Å². The first-order chi connectivity index (χ1) is 8.28. The van der Waals surface area contributed by atoms with Gasteiger partial charge in [-0.05, 0) is 33.2 Å². The van der Waals surface area contributed by atoms with Crippen LogP contribution in [0.25, 0.3) is 0 Å². The molecule has 2 unspecified atom stereocenters. The van der Waals surface area contributed by atoms with Crippen molar-refractivity contribution in [2.24, 2.45) is 5.92 Å². The zero-order chi connectivity index (χ0) is 13.8. The van der Waals surface area contributed by atoms with E-state index in [-0.39, 0.29) is 17.8 Å². The van der Waals surface area contributed by atoms with Crippen LogP contribution in [0.3, 0.4) is 0 Å². The van der Waals surface area contributed by atoms with Gasteiger partial charge in [-0.25, -0.2) is 0 Å². The standard InChI is InChI=1S/C14H30N2O2/c1-11(2)6-15-7-13(17)9-16-8-12(3)18-14(4,5)10-16/h11-13,15,17H,6-10H2,1-5H3. The van der Waals surface area contributed by atoms with Crippen molar-refractivity contribution in [2.45, 2.75) is 52.4 Å². The summed E-state index contributed by atoms with van der Waals surface area (Å²) in [5, 5.41) is 13.3. The topological polar surface area (TPSA) is 44.7 Å². The summed E-state index contributed by atoms with van der Waals surface area (Å²) in [5.74, 6) is 0.625. The van der Waals surface area contributed by atoms with E-state index in [4.69, 9.17) is 4.74 Å². The van der Waals surface area contributed by atoms with E-state index in [0.717, 1.165) is 26.2 Å². The van der Waals surface area contributed by atoms with E-state index in [9.17, 15) is 5.11 Å². The number of β-amino-alcohol motifs (C(OH)–C–C–N with tert-alkyl or cyclic N) is 1. The minimum atomic E-state index is -0.301. The summed E-state index contributed by atoms with van der Waals surface area (Å²) < 4.78 is 5.86. The Balaban J connectivity index is 2.28. The fourth-order valence-electron chi connectivity index (χ4n) is 2.63. The van der Waals surface area contributed by atoms with Gasteiger partial charge in [-0.15, -0.1) is 0 Å². The van der Waals surface area contributed by atoms with E-state index in [0.29, 0.717) is 12.5 Å². The smallest absolute Gasteiger partial charge is 0.0791 e. The SMILES string of the molecule is CC(C)CNCC(O)CN1CC(C)OC(C)(C)C1. The lowest BCUT2D eigenvalue weighted by atomic mass is 10.1.